The van der Waals surface area contributed by atoms with Crippen molar-refractivity contribution in [1.82, 2.24) is 20.2 Å². The number of anilines is 4. The van der Waals surface area contributed by atoms with E-state index in [0.29, 0.717) is 40.9 Å². The third kappa shape index (κ3) is 8.53. The molecule has 39 heavy (non-hydrogen) atoms. The maximum absolute atomic E-state index is 12.9. The van der Waals surface area contributed by atoms with Crippen LogP contribution in [0.5, 0.6) is 5.75 Å². The number of amides is 1. The Kier molecular flexibility index (Phi) is 10.9. The van der Waals surface area contributed by atoms with Crippen molar-refractivity contribution >= 4 is 63.0 Å². The Labute approximate surface area is 242 Å². The van der Waals surface area contributed by atoms with Gasteiger partial charge in [0, 0.05) is 24.4 Å². The third-order valence-corrected chi connectivity index (χ3v) is 7.53. The van der Waals surface area contributed by atoms with Gasteiger partial charge in [0.15, 0.2) is 5.82 Å². The van der Waals surface area contributed by atoms with E-state index in [1.54, 1.807) is 18.2 Å². The summed E-state index contributed by atoms with van der Waals surface area (Å²) in [6.45, 7) is 8.72. The lowest BCUT2D eigenvalue weighted by molar-refractivity contribution is 0.0951. The maximum atomic E-state index is 12.9. The largest absolute Gasteiger partial charge is 0.489 e. The summed E-state index contributed by atoms with van der Waals surface area (Å²) in [6.07, 6.45) is 1.30. The predicted molar refractivity (Wildman–Crippen MR) is 160 cm³/mol. The van der Waals surface area contributed by atoms with Crippen molar-refractivity contribution in [2.75, 3.05) is 37.8 Å². The van der Waals surface area contributed by atoms with E-state index in [4.69, 9.17) is 27.9 Å². The first-order chi connectivity index (χ1) is 18.5. The highest BCUT2D eigenvalue weighted by Gasteiger charge is 2.19. The van der Waals surface area contributed by atoms with Gasteiger partial charge in [0.2, 0.25) is 5.95 Å². The topological polar surface area (TPSA) is 108 Å². The second kappa shape index (κ2) is 13.9. The van der Waals surface area contributed by atoms with Crippen molar-refractivity contribution in [2.24, 2.45) is 0 Å². The normalized spacial score (nSPS) is 12.1. The van der Waals surface area contributed by atoms with Crippen LogP contribution in [0.25, 0.3) is 0 Å². The highest BCUT2D eigenvalue weighted by atomic mass is 35.5. The van der Waals surface area contributed by atoms with Gasteiger partial charge in [-0.2, -0.15) is 4.98 Å². The fourth-order valence-electron chi connectivity index (χ4n) is 3.43. The molecule has 0 saturated heterocycles. The Morgan fingerprint density at radius 3 is 2.44 bits per heavy atom. The minimum atomic E-state index is -1.22. The van der Waals surface area contributed by atoms with Crippen LogP contribution in [0, 0.1) is 0 Å². The number of aromatic nitrogens is 2. The average Bonchev–Trinajstić information content (AvgIpc) is 2.86. The molecule has 0 fully saturated rings. The fourth-order valence-corrected chi connectivity index (χ4v) is 4.86. The van der Waals surface area contributed by atoms with E-state index in [0.717, 1.165) is 0 Å². The summed E-state index contributed by atoms with van der Waals surface area (Å²) < 4.78 is 18.8. The van der Waals surface area contributed by atoms with Crippen LogP contribution in [-0.2, 0) is 10.8 Å². The van der Waals surface area contributed by atoms with Gasteiger partial charge in [0.25, 0.3) is 5.91 Å². The molecule has 0 aliphatic heterocycles. The molecule has 0 bridgehead atoms. The summed E-state index contributed by atoms with van der Waals surface area (Å²) in [5.41, 5.74) is 1.37. The summed E-state index contributed by atoms with van der Waals surface area (Å²) in [4.78, 5) is 24.3. The molecule has 3 aromatic rings. The average molecular weight is 594 g/mol. The van der Waals surface area contributed by atoms with Gasteiger partial charge in [-0.3, -0.25) is 9.00 Å². The summed E-state index contributed by atoms with van der Waals surface area (Å²) in [5, 5.41) is 9.66. The number of nitrogens with zero attached hydrogens (tertiary/aromatic N) is 3. The first-order valence-corrected chi connectivity index (χ1v) is 14.4. The molecule has 0 aliphatic rings. The Balaban J connectivity index is 1.94. The van der Waals surface area contributed by atoms with Crippen LogP contribution in [0.15, 0.2) is 47.5 Å². The molecule has 210 valence electrons. The first-order valence-electron chi connectivity index (χ1n) is 12.5. The molecule has 0 radical (unpaired) electrons. The number of likely N-dealkylation sites (N-methyl/N-ethyl adjacent to an activating group) is 1. The molecule has 1 aromatic heterocycles. The Hall–Kier alpha value is -2.92. The van der Waals surface area contributed by atoms with E-state index in [1.807, 2.05) is 64.9 Å². The lowest BCUT2D eigenvalue weighted by Crippen LogP contribution is -2.31. The third-order valence-electron chi connectivity index (χ3n) is 5.30. The SMILES string of the molecule is CC(C)Oc1cc(Cl)c(C(=O)NCCN(C)C)cc1Nc1ncc(Cl)c(Nc2ccccc2S(=O)C(C)C)n1. The quantitative estimate of drug-likeness (QED) is 0.240. The van der Waals surface area contributed by atoms with Crippen molar-refractivity contribution in [3.05, 3.63) is 58.2 Å². The molecule has 9 nitrogen and oxygen atoms in total. The minimum Gasteiger partial charge on any atom is -0.489 e. The minimum absolute atomic E-state index is 0.0652. The van der Waals surface area contributed by atoms with E-state index in [-0.39, 0.29) is 38.8 Å². The van der Waals surface area contributed by atoms with E-state index in [2.05, 4.69) is 25.9 Å². The lowest BCUT2D eigenvalue weighted by atomic mass is 10.1. The summed E-state index contributed by atoms with van der Waals surface area (Å²) in [5.74, 6) is 0.657. The molecule has 0 aliphatic carbocycles. The zero-order valence-corrected chi connectivity index (χ0v) is 25.2. The number of nitrogens with one attached hydrogen (secondary N) is 3. The smallest absolute Gasteiger partial charge is 0.252 e. The molecule has 12 heteroatoms. The number of halogens is 2. The standard InChI is InChI=1S/C27H34Cl2N6O3S/c1-16(2)38-23-14-19(28)18(26(36)30-11-12-35(5)6)13-22(23)33-27-31-15-20(29)25(34-27)32-21-9-7-8-10-24(21)39(37)17(3)4/h7-10,13-17H,11-12H2,1-6H3,(H,30,36)(H2,31,32,33,34). The molecule has 3 N–H and O–H groups in total. The van der Waals surface area contributed by atoms with Gasteiger partial charge in [-0.1, -0.05) is 49.2 Å². The summed E-state index contributed by atoms with van der Waals surface area (Å²) in [7, 11) is 2.63. The highest BCUT2D eigenvalue weighted by molar-refractivity contribution is 7.85. The zero-order valence-electron chi connectivity index (χ0n) is 22.8. The van der Waals surface area contributed by atoms with Gasteiger partial charge in [-0.15, -0.1) is 0 Å². The van der Waals surface area contributed by atoms with Crippen molar-refractivity contribution in [2.45, 2.75) is 43.9 Å². The number of hydrogen-bond donors (Lipinski definition) is 3. The van der Waals surface area contributed by atoms with Crippen LogP contribution >= 0.6 is 23.2 Å². The van der Waals surface area contributed by atoms with E-state index in [9.17, 15) is 9.00 Å². The summed E-state index contributed by atoms with van der Waals surface area (Å²) in [6, 6.07) is 10.5. The van der Waals surface area contributed by atoms with E-state index >= 15 is 0 Å². The lowest BCUT2D eigenvalue weighted by Gasteiger charge is -2.18. The first kappa shape index (κ1) is 30.6. The predicted octanol–water partition coefficient (Wildman–Crippen LogP) is 5.87. The number of benzene rings is 2. The van der Waals surface area contributed by atoms with Crippen molar-refractivity contribution in [3.8, 4) is 5.75 Å². The van der Waals surface area contributed by atoms with Crippen LogP contribution in [0.3, 0.4) is 0 Å². The fraction of sp³-hybridized carbons (Fsp3) is 0.370. The van der Waals surface area contributed by atoms with Crippen LogP contribution in [-0.4, -0.2) is 63.5 Å². The van der Waals surface area contributed by atoms with Crippen LogP contribution in [0.4, 0.5) is 23.1 Å². The molecule has 0 saturated carbocycles. The number of rotatable bonds is 12. The number of hydrogen-bond acceptors (Lipinski definition) is 8. The Bertz CT molecular complexity index is 1340. The van der Waals surface area contributed by atoms with E-state index in [1.165, 1.54) is 6.20 Å². The maximum Gasteiger partial charge on any atom is 0.252 e. The number of carbonyl (C=O) groups excluding carboxylic acids is 1. The molecule has 1 heterocycles. The van der Waals surface area contributed by atoms with Crippen molar-refractivity contribution < 1.29 is 13.7 Å². The van der Waals surface area contributed by atoms with Crippen molar-refractivity contribution in [3.63, 3.8) is 0 Å². The highest BCUT2D eigenvalue weighted by Crippen LogP contribution is 2.35. The molecule has 3 rings (SSSR count). The van der Waals surface area contributed by atoms with Gasteiger partial charge < -0.3 is 25.6 Å². The number of ether oxygens (including phenoxy) is 1. The van der Waals surface area contributed by atoms with Crippen LogP contribution in [0.2, 0.25) is 10.0 Å². The van der Waals surface area contributed by atoms with Crippen LogP contribution in [0.1, 0.15) is 38.1 Å². The van der Waals surface area contributed by atoms with Gasteiger partial charge >= 0.3 is 0 Å². The van der Waals surface area contributed by atoms with Gasteiger partial charge in [-0.25, -0.2) is 4.98 Å². The Morgan fingerprint density at radius 1 is 1.05 bits per heavy atom. The van der Waals surface area contributed by atoms with Gasteiger partial charge in [0.1, 0.15) is 10.8 Å². The van der Waals surface area contributed by atoms with Crippen molar-refractivity contribution in [1.29, 1.82) is 0 Å². The molecule has 1 unspecified atom stereocenters. The number of para-hydroxylation sites is 1. The molecular formula is C27H34Cl2N6O3S. The van der Waals surface area contributed by atoms with Gasteiger partial charge in [0.05, 0.1) is 50.0 Å². The Morgan fingerprint density at radius 2 is 1.77 bits per heavy atom. The molecular weight excluding hydrogens is 559 g/mol. The van der Waals surface area contributed by atoms with Gasteiger partial charge in [-0.05, 0) is 46.1 Å². The second-order valence-electron chi connectivity index (χ2n) is 9.54. The van der Waals surface area contributed by atoms with Crippen LogP contribution < -0.4 is 20.7 Å². The molecule has 2 aromatic carbocycles. The number of carbonyl (C=O) groups is 1. The zero-order chi connectivity index (χ0) is 28.7. The molecule has 1 atom stereocenters. The second-order valence-corrected chi connectivity index (χ2v) is 12.3. The monoisotopic (exact) mass is 592 g/mol. The summed E-state index contributed by atoms with van der Waals surface area (Å²) >= 11 is 12.9. The molecule has 1 amide bonds. The van der Waals surface area contributed by atoms with E-state index < -0.39 is 10.8 Å². The molecule has 0 spiro atoms.